The molecule has 0 spiro atoms. The number of hydrogen-bond donors (Lipinski definition) is 2. The van der Waals surface area contributed by atoms with Crippen LogP contribution in [0.2, 0.25) is 0 Å². The van der Waals surface area contributed by atoms with Gasteiger partial charge in [0.2, 0.25) is 0 Å². The highest BCUT2D eigenvalue weighted by Gasteiger charge is 2.36. The third-order valence-electron chi connectivity index (χ3n) is 3.83. The molecule has 0 aromatic heterocycles. The number of benzene rings is 2. The number of likely N-dealkylation sites (N-methyl/N-ethyl adjacent to an activating group) is 1. The molecule has 1 aliphatic rings. The summed E-state index contributed by atoms with van der Waals surface area (Å²) in [7, 11) is 1.84. The highest BCUT2D eigenvalue weighted by molar-refractivity contribution is 7.98. The normalized spacial score (nSPS) is 20.0. The quantitative estimate of drug-likeness (QED) is 0.894. The van der Waals surface area contributed by atoms with Crippen LogP contribution in [0.5, 0.6) is 0 Å². The summed E-state index contributed by atoms with van der Waals surface area (Å²) in [5.41, 5.74) is 2.39. The molecule has 1 heterocycles. The Balaban J connectivity index is 2.24. The minimum Gasteiger partial charge on any atom is -0.379 e. The molecule has 0 saturated carbocycles. The second-order valence-electron chi connectivity index (χ2n) is 5.16. The zero-order valence-corrected chi connectivity index (χ0v) is 12.6. The van der Waals surface area contributed by atoms with Crippen LogP contribution in [0.25, 0.3) is 0 Å². The van der Waals surface area contributed by atoms with Crippen LogP contribution in [0.4, 0.5) is 0 Å². The van der Waals surface area contributed by atoms with Gasteiger partial charge in [0.1, 0.15) is 5.60 Å². The first kappa shape index (κ1) is 14.2. The number of thioether (sulfide) groups is 1. The number of rotatable bonds is 2. The second-order valence-corrected chi connectivity index (χ2v) is 6.18. The van der Waals surface area contributed by atoms with E-state index in [4.69, 9.17) is 5.26 Å². The molecule has 1 aliphatic heterocycles. The Morgan fingerprint density at radius 1 is 1.29 bits per heavy atom. The van der Waals surface area contributed by atoms with E-state index in [9.17, 15) is 5.11 Å². The zero-order chi connectivity index (χ0) is 14.9. The van der Waals surface area contributed by atoms with Crippen LogP contribution in [0.15, 0.2) is 47.4 Å². The Morgan fingerprint density at radius 3 is 2.86 bits per heavy atom. The first-order valence-corrected chi connectivity index (χ1v) is 7.80. The van der Waals surface area contributed by atoms with Gasteiger partial charge in [-0.15, -0.1) is 11.8 Å². The summed E-state index contributed by atoms with van der Waals surface area (Å²) >= 11 is 1.70. The molecule has 0 radical (unpaired) electrons. The van der Waals surface area contributed by atoms with Gasteiger partial charge in [0.15, 0.2) is 0 Å². The van der Waals surface area contributed by atoms with Crippen LogP contribution < -0.4 is 5.32 Å². The van der Waals surface area contributed by atoms with E-state index in [0.29, 0.717) is 12.1 Å². The van der Waals surface area contributed by atoms with Crippen molar-refractivity contribution in [2.24, 2.45) is 0 Å². The molecule has 2 aromatic rings. The Hall–Kier alpha value is -1.80. The van der Waals surface area contributed by atoms with Crippen molar-refractivity contribution in [1.29, 1.82) is 5.26 Å². The molecule has 0 fully saturated rings. The molecule has 0 bridgehead atoms. The van der Waals surface area contributed by atoms with E-state index >= 15 is 0 Å². The molecule has 1 atom stereocenters. The minimum atomic E-state index is -1.07. The van der Waals surface area contributed by atoms with Crippen molar-refractivity contribution in [2.75, 3.05) is 13.6 Å². The summed E-state index contributed by atoms with van der Waals surface area (Å²) in [6.45, 7) is 0.434. The van der Waals surface area contributed by atoms with Gasteiger partial charge in [0, 0.05) is 22.8 Å². The van der Waals surface area contributed by atoms with Crippen LogP contribution in [0, 0.1) is 11.3 Å². The third-order valence-corrected chi connectivity index (χ3v) is 4.95. The van der Waals surface area contributed by atoms with Crippen LogP contribution in [0.3, 0.4) is 0 Å². The molecule has 106 valence electrons. The van der Waals surface area contributed by atoms with Crippen molar-refractivity contribution in [2.45, 2.75) is 16.2 Å². The maximum atomic E-state index is 11.4. The molecule has 2 aromatic carbocycles. The lowest BCUT2D eigenvalue weighted by Crippen LogP contribution is -2.38. The van der Waals surface area contributed by atoms with Crippen molar-refractivity contribution in [3.63, 3.8) is 0 Å². The smallest absolute Gasteiger partial charge is 0.128 e. The molecule has 0 saturated heterocycles. The molecule has 0 aliphatic carbocycles. The van der Waals surface area contributed by atoms with Gasteiger partial charge in [-0.2, -0.15) is 5.26 Å². The maximum absolute atomic E-state index is 11.4. The van der Waals surface area contributed by atoms with E-state index in [-0.39, 0.29) is 0 Å². The minimum absolute atomic E-state index is 0.434. The standard InChI is InChI=1S/C17H16N2OS/c1-19-11-17(20)14-7-6-12(9-18)8-13(14)10-21-16-5-3-2-4-15(16)17/h2-8,19-20H,10-11H2,1H3. The lowest BCUT2D eigenvalue weighted by molar-refractivity contribution is 0.0792. The monoisotopic (exact) mass is 296 g/mol. The van der Waals surface area contributed by atoms with Gasteiger partial charge in [-0.1, -0.05) is 24.3 Å². The molecule has 3 rings (SSSR count). The first-order valence-electron chi connectivity index (χ1n) is 6.82. The topological polar surface area (TPSA) is 56.0 Å². The number of nitriles is 1. The van der Waals surface area contributed by atoms with Crippen LogP contribution in [-0.2, 0) is 11.4 Å². The van der Waals surface area contributed by atoms with Crippen LogP contribution >= 0.6 is 11.8 Å². The lowest BCUT2D eigenvalue weighted by Gasteiger charge is -2.30. The summed E-state index contributed by atoms with van der Waals surface area (Å²) in [5, 5.41) is 23.5. The number of aliphatic hydroxyl groups is 1. The van der Waals surface area contributed by atoms with E-state index in [1.807, 2.05) is 43.4 Å². The zero-order valence-electron chi connectivity index (χ0n) is 11.8. The highest BCUT2D eigenvalue weighted by Crippen LogP contribution is 2.42. The Morgan fingerprint density at radius 2 is 2.10 bits per heavy atom. The fourth-order valence-electron chi connectivity index (χ4n) is 2.87. The molecular formula is C17H16N2OS. The van der Waals surface area contributed by atoms with Gasteiger partial charge in [0.25, 0.3) is 0 Å². The van der Waals surface area contributed by atoms with Crippen molar-refractivity contribution < 1.29 is 5.11 Å². The SMILES string of the molecule is CNCC1(O)c2ccc(C#N)cc2CSc2ccccc21. The molecule has 0 amide bonds. The van der Waals surface area contributed by atoms with E-state index in [0.717, 1.165) is 27.3 Å². The third kappa shape index (κ3) is 2.34. The summed E-state index contributed by atoms with van der Waals surface area (Å²) in [4.78, 5) is 1.09. The van der Waals surface area contributed by atoms with E-state index in [2.05, 4.69) is 11.4 Å². The molecular weight excluding hydrogens is 280 g/mol. The van der Waals surface area contributed by atoms with Gasteiger partial charge in [-0.25, -0.2) is 0 Å². The van der Waals surface area contributed by atoms with Crippen molar-refractivity contribution in [3.05, 3.63) is 64.7 Å². The summed E-state index contributed by atoms with van der Waals surface area (Å²) in [6.07, 6.45) is 0. The van der Waals surface area contributed by atoms with Gasteiger partial charge < -0.3 is 10.4 Å². The number of nitrogens with zero attached hydrogens (tertiary/aromatic N) is 1. The van der Waals surface area contributed by atoms with Crippen molar-refractivity contribution in [1.82, 2.24) is 5.32 Å². The van der Waals surface area contributed by atoms with E-state index in [1.54, 1.807) is 17.8 Å². The summed E-state index contributed by atoms with van der Waals surface area (Å²) in [6, 6.07) is 15.7. The molecule has 3 nitrogen and oxygen atoms in total. The molecule has 2 N–H and O–H groups in total. The molecule has 21 heavy (non-hydrogen) atoms. The number of fused-ring (bicyclic) bond motifs is 2. The van der Waals surface area contributed by atoms with Crippen LogP contribution in [-0.4, -0.2) is 18.7 Å². The Bertz CT molecular complexity index is 723. The number of nitrogens with one attached hydrogen (secondary N) is 1. The summed E-state index contributed by atoms with van der Waals surface area (Å²) in [5.74, 6) is 0.758. The fourth-order valence-corrected chi connectivity index (χ4v) is 3.98. The Labute approximate surface area is 128 Å². The molecule has 4 heteroatoms. The van der Waals surface area contributed by atoms with Crippen molar-refractivity contribution >= 4 is 11.8 Å². The lowest BCUT2D eigenvalue weighted by atomic mass is 9.83. The first-order chi connectivity index (χ1) is 10.2. The van der Waals surface area contributed by atoms with Gasteiger partial charge in [0.05, 0.1) is 11.6 Å². The van der Waals surface area contributed by atoms with E-state index < -0.39 is 5.60 Å². The predicted octanol–water partition coefficient (Wildman–Crippen LogP) is 2.62. The number of hydrogen-bond acceptors (Lipinski definition) is 4. The average Bonchev–Trinajstić information content (AvgIpc) is 2.64. The van der Waals surface area contributed by atoms with Gasteiger partial charge in [-0.05, 0) is 36.4 Å². The maximum Gasteiger partial charge on any atom is 0.128 e. The second kappa shape index (κ2) is 5.53. The summed E-state index contributed by atoms with van der Waals surface area (Å²) < 4.78 is 0. The van der Waals surface area contributed by atoms with Gasteiger partial charge >= 0.3 is 0 Å². The van der Waals surface area contributed by atoms with Crippen LogP contribution in [0.1, 0.15) is 22.3 Å². The predicted molar refractivity (Wildman–Crippen MR) is 84.1 cm³/mol. The average molecular weight is 296 g/mol. The van der Waals surface area contributed by atoms with Crippen molar-refractivity contribution in [3.8, 4) is 6.07 Å². The highest BCUT2D eigenvalue weighted by atomic mass is 32.2. The fraction of sp³-hybridized carbons (Fsp3) is 0.235. The van der Waals surface area contributed by atoms with E-state index in [1.165, 1.54) is 0 Å². The van der Waals surface area contributed by atoms with Gasteiger partial charge in [-0.3, -0.25) is 0 Å². The molecule has 1 unspecified atom stereocenters. The Kier molecular flexibility index (Phi) is 3.73. The largest absolute Gasteiger partial charge is 0.379 e.